The van der Waals surface area contributed by atoms with E-state index in [9.17, 15) is 5.11 Å². The van der Waals surface area contributed by atoms with Crippen LogP contribution in [0, 0.1) is 0 Å². The van der Waals surface area contributed by atoms with E-state index in [1.807, 2.05) is 13.8 Å². The van der Waals surface area contributed by atoms with Crippen LogP contribution >= 0.6 is 0 Å². The van der Waals surface area contributed by atoms with Crippen molar-refractivity contribution in [2.75, 3.05) is 12.8 Å². The van der Waals surface area contributed by atoms with Crippen LogP contribution in [0.2, 0.25) is 0 Å². The summed E-state index contributed by atoms with van der Waals surface area (Å²) < 4.78 is 10.6. The molecule has 99 valence electrons. The summed E-state index contributed by atoms with van der Waals surface area (Å²) in [5, 5.41) is 9.95. The number of aromatic nitrogens is 1. The van der Waals surface area contributed by atoms with Crippen molar-refractivity contribution in [1.82, 2.24) is 4.98 Å². The van der Waals surface area contributed by atoms with E-state index in [1.165, 1.54) is 14.6 Å². The topological polar surface area (TPSA) is 77.6 Å². The van der Waals surface area contributed by atoms with Crippen LogP contribution in [0.5, 0.6) is 5.88 Å². The van der Waals surface area contributed by atoms with Gasteiger partial charge in [0, 0.05) is 6.20 Å². The molecule has 0 aliphatic rings. The highest BCUT2D eigenvalue weighted by molar-refractivity contribution is 6.47. The maximum Gasteiger partial charge on any atom is 0.332 e. The Hall–Kier alpha value is -1.27. The summed E-state index contributed by atoms with van der Waals surface area (Å²) in [4.78, 5) is 4.04. The Morgan fingerprint density at radius 3 is 2.39 bits per heavy atom. The lowest BCUT2D eigenvalue weighted by molar-refractivity contribution is -0.0893. The molecule has 0 amide bonds. The molecule has 0 aliphatic heterocycles. The molecule has 0 saturated heterocycles. The molecule has 1 heterocycles. The summed E-state index contributed by atoms with van der Waals surface area (Å²) in [7, 11) is 3.04. The molecule has 5 nitrogen and oxygen atoms in total. The van der Waals surface area contributed by atoms with Crippen molar-refractivity contribution in [2.45, 2.75) is 38.9 Å². The van der Waals surface area contributed by atoms with Gasteiger partial charge >= 0.3 is 7.48 Å². The fraction of sp³-hybridized carbons (Fsp3) is 0.583. The molecule has 18 heavy (non-hydrogen) atoms. The molecule has 1 radical (unpaired) electrons. The van der Waals surface area contributed by atoms with Crippen LogP contribution in [-0.2, 0) is 4.65 Å². The molecular formula is C12H20BN2O3. The van der Waals surface area contributed by atoms with Gasteiger partial charge in [0.25, 0.3) is 0 Å². The Bertz CT molecular complexity index is 416. The third kappa shape index (κ3) is 3.37. The van der Waals surface area contributed by atoms with Crippen LogP contribution in [0.3, 0.4) is 0 Å². The number of nitrogen functional groups attached to an aromatic ring is 1. The van der Waals surface area contributed by atoms with E-state index in [-0.39, 0.29) is 0 Å². The number of rotatable bonds is 5. The fourth-order valence-electron chi connectivity index (χ4n) is 1.08. The molecule has 0 saturated carbocycles. The van der Waals surface area contributed by atoms with Crippen LogP contribution in [0.25, 0.3) is 0 Å². The number of hydrogen-bond acceptors (Lipinski definition) is 5. The van der Waals surface area contributed by atoms with Gasteiger partial charge in [-0.15, -0.1) is 0 Å². The van der Waals surface area contributed by atoms with Crippen LogP contribution in [0.15, 0.2) is 12.3 Å². The first-order chi connectivity index (χ1) is 8.17. The lowest BCUT2D eigenvalue weighted by Crippen LogP contribution is -2.49. The van der Waals surface area contributed by atoms with Crippen LogP contribution < -0.4 is 15.9 Å². The van der Waals surface area contributed by atoms with E-state index in [1.54, 1.807) is 26.1 Å². The number of anilines is 1. The molecule has 0 aliphatic carbocycles. The number of nitrogens with two attached hydrogens (primary N) is 1. The zero-order valence-corrected chi connectivity index (χ0v) is 11.5. The highest BCUT2D eigenvalue weighted by atomic mass is 16.5. The summed E-state index contributed by atoms with van der Waals surface area (Å²) >= 11 is 0. The number of hydrogen-bond donors (Lipinski definition) is 2. The predicted molar refractivity (Wildman–Crippen MR) is 72.1 cm³/mol. The second kappa shape index (κ2) is 5.16. The monoisotopic (exact) mass is 251 g/mol. The summed E-state index contributed by atoms with van der Waals surface area (Å²) in [6.07, 6.45) is 1.59. The zero-order valence-electron chi connectivity index (χ0n) is 11.5. The van der Waals surface area contributed by atoms with Gasteiger partial charge in [0.05, 0.1) is 24.0 Å². The lowest BCUT2D eigenvalue weighted by Gasteiger charge is -2.37. The predicted octanol–water partition coefficient (Wildman–Crippen LogP) is 0.483. The lowest BCUT2D eigenvalue weighted by atomic mass is 9.83. The minimum absolute atomic E-state index is 0.383. The number of ether oxygens (including phenoxy) is 1. The molecule has 0 atom stereocenters. The van der Waals surface area contributed by atoms with E-state index in [0.717, 1.165) is 0 Å². The molecule has 0 unspecified atom stereocenters. The normalized spacial score (nSPS) is 12.3. The van der Waals surface area contributed by atoms with Crippen molar-refractivity contribution in [1.29, 1.82) is 0 Å². The van der Waals surface area contributed by atoms with Crippen molar-refractivity contribution in [3.8, 4) is 5.88 Å². The summed E-state index contributed by atoms with van der Waals surface area (Å²) in [6.45, 7) is 7.01. The Kier molecular flexibility index (Phi) is 4.24. The molecule has 0 spiro atoms. The van der Waals surface area contributed by atoms with Crippen LogP contribution in [0.4, 0.5) is 5.69 Å². The quantitative estimate of drug-likeness (QED) is 0.744. The minimum atomic E-state index is -0.963. The van der Waals surface area contributed by atoms with Crippen molar-refractivity contribution < 1.29 is 14.5 Å². The molecular weight excluding hydrogens is 231 g/mol. The van der Waals surface area contributed by atoms with E-state index in [0.29, 0.717) is 17.0 Å². The third-order valence-electron chi connectivity index (χ3n) is 3.06. The molecule has 0 bridgehead atoms. The molecule has 1 rings (SSSR count). The summed E-state index contributed by atoms with van der Waals surface area (Å²) in [5.74, 6) is 0.383. The highest BCUT2D eigenvalue weighted by Gasteiger charge is 2.35. The molecule has 1 aromatic rings. The van der Waals surface area contributed by atoms with Crippen molar-refractivity contribution in [2.24, 2.45) is 0 Å². The van der Waals surface area contributed by atoms with Gasteiger partial charge in [-0.05, 0) is 39.2 Å². The van der Waals surface area contributed by atoms with Gasteiger partial charge < -0.3 is 20.2 Å². The fourth-order valence-corrected chi connectivity index (χ4v) is 1.08. The van der Waals surface area contributed by atoms with Crippen molar-refractivity contribution in [3.63, 3.8) is 0 Å². The highest BCUT2D eigenvalue weighted by Crippen LogP contribution is 2.24. The Morgan fingerprint density at radius 2 is 1.94 bits per heavy atom. The van der Waals surface area contributed by atoms with Crippen molar-refractivity contribution in [3.05, 3.63) is 12.3 Å². The smallest absolute Gasteiger partial charge is 0.332 e. The van der Waals surface area contributed by atoms with Gasteiger partial charge in [0.1, 0.15) is 0 Å². The number of aliphatic hydroxyl groups is 1. The Labute approximate surface area is 109 Å². The largest absolute Gasteiger partial charge is 0.480 e. The van der Waals surface area contributed by atoms with Gasteiger partial charge in [0.2, 0.25) is 5.88 Å². The van der Waals surface area contributed by atoms with Crippen LogP contribution in [0.1, 0.15) is 27.7 Å². The number of nitrogens with zero attached hydrogens (tertiary/aromatic N) is 1. The average molecular weight is 251 g/mol. The molecule has 1 aromatic heterocycles. The second-order valence-electron chi connectivity index (χ2n) is 5.17. The minimum Gasteiger partial charge on any atom is -0.480 e. The van der Waals surface area contributed by atoms with Gasteiger partial charge in [-0.1, -0.05) is 0 Å². The Morgan fingerprint density at radius 1 is 1.33 bits per heavy atom. The second-order valence-corrected chi connectivity index (χ2v) is 5.17. The first kappa shape index (κ1) is 14.8. The Balaban J connectivity index is 2.73. The summed E-state index contributed by atoms with van der Waals surface area (Å²) in [6, 6.07) is 1.70. The van der Waals surface area contributed by atoms with E-state index in [4.69, 9.17) is 15.1 Å². The van der Waals surface area contributed by atoms with E-state index >= 15 is 0 Å². The van der Waals surface area contributed by atoms with Gasteiger partial charge in [0.15, 0.2) is 0 Å². The third-order valence-corrected chi connectivity index (χ3v) is 3.06. The maximum absolute atomic E-state index is 9.95. The molecule has 0 fully saturated rings. The average Bonchev–Trinajstić information content (AvgIpc) is 2.25. The van der Waals surface area contributed by atoms with Gasteiger partial charge in [-0.25, -0.2) is 4.98 Å². The van der Waals surface area contributed by atoms with Gasteiger partial charge in [-0.2, -0.15) is 0 Å². The maximum atomic E-state index is 9.95. The number of methoxy groups -OCH3 is 1. The standard InChI is InChI=1S/C12H20BN2O3/c1-11(2,16)12(3,4)18-13-8-6-9(14)10(17-5)15-7-8/h6-7,16H,14H2,1-5H3. The SMILES string of the molecule is COc1ncc([B]OC(C)(C)C(C)(C)O)cc1N. The molecule has 0 aromatic carbocycles. The number of pyridine rings is 1. The first-order valence-electron chi connectivity index (χ1n) is 5.70. The summed E-state index contributed by atoms with van der Waals surface area (Å²) in [5.41, 5.74) is 5.21. The van der Waals surface area contributed by atoms with Crippen molar-refractivity contribution >= 4 is 18.6 Å². The van der Waals surface area contributed by atoms with E-state index in [2.05, 4.69) is 4.98 Å². The van der Waals surface area contributed by atoms with Gasteiger partial charge in [-0.3, -0.25) is 0 Å². The van der Waals surface area contributed by atoms with E-state index < -0.39 is 11.2 Å². The molecule has 3 N–H and O–H groups in total. The molecule has 6 heteroatoms. The zero-order chi connectivity index (χ0) is 14.0. The first-order valence-corrected chi connectivity index (χ1v) is 5.70. The van der Waals surface area contributed by atoms with Crippen LogP contribution in [-0.4, -0.2) is 35.9 Å².